The van der Waals surface area contributed by atoms with Crippen molar-refractivity contribution in [1.29, 1.82) is 0 Å². The van der Waals surface area contributed by atoms with E-state index in [9.17, 15) is 8.78 Å². The summed E-state index contributed by atoms with van der Waals surface area (Å²) in [4.78, 5) is 6.76. The van der Waals surface area contributed by atoms with Crippen molar-refractivity contribution < 1.29 is 18.3 Å². The topological polar surface area (TPSA) is 78.4 Å². The van der Waals surface area contributed by atoms with Crippen LogP contribution in [0.25, 0.3) is 11.3 Å². The number of pyridine rings is 1. The minimum atomic E-state index is -2.95. The molecule has 4 heterocycles. The van der Waals surface area contributed by atoms with Gasteiger partial charge in [0.1, 0.15) is 0 Å². The fourth-order valence-electron chi connectivity index (χ4n) is 6.45. The molecular formula is C23H29F2N5O2. The second-order valence-electron chi connectivity index (χ2n) is 9.99. The van der Waals surface area contributed by atoms with Crippen LogP contribution in [0.15, 0.2) is 18.3 Å². The van der Waals surface area contributed by atoms with Crippen LogP contribution >= 0.6 is 0 Å². The van der Waals surface area contributed by atoms with Gasteiger partial charge in [-0.15, -0.1) is 0 Å². The zero-order valence-corrected chi connectivity index (χ0v) is 18.3. The lowest BCUT2D eigenvalue weighted by Crippen LogP contribution is -2.66. The van der Waals surface area contributed by atoms with Crippen molar-refractivity contribution in [3.05, 3.63) is 24.0 Å². The Balaban J connectivity index is 1.22. The van der Waals surface area contributed by atoms with Crippen LogP contribution in [-0.4, -0.2) is 57.6 Å². The van der Waals surface area contributed by atoms with Crippen LogP contribution in [0, 0.1) is 11.8 Å². The quantitative estimate of drug-likeness (QED) is 0.731. The lowest BCUT2D eigenvalue weighted by molar-refractivity contribution is -0.147. The van der Waals surface area contributed by atoms with E-state index in [4.69, 9.17) is 15.6 Å². The Morgan fingerprint density at radius 2 is 1.81 bits per heavy atom. The Kier molecular flexibility index (Phi) is 4.69. The normalized spacial score (nSPS) is 33.4. The molecule has 0 aromatic carbocycles. The summed E-state index contributed by atoms with van der Waals surface area (Å²) in [6.07, 6.45) is 5.36. The van der Waals surface area contributed by atoms with Crippen LogP contribution in [0.1, 0.15) is 50.8 Å². The minimum absolute atomic E-state index is 0.0542. The molecule has 2 saturated carbocycles. The van der Waals surface area contributed by atoms with Crippen molar-refractivity contribution in [2.45, 2.75) is 69.8 Å². The zero-order chi connectivity index (χ0) is 22.1. The summed E-state index contributed by atoms with van der Waals surface area (Å²) in [5.41, 5.74) is 8.29. The zero-order valence-electron chi connectivity index (χ0n) is 18.3. The molecule has 0 amide bonds. The maximum atomic E-state index is 12.7. The first kappa shape index (κ1) is 20.4. The van der Waals surface area contributed by atoms with Gasteiger partial charge in [-0.3, -0.25) is 9.58 Å². The lowest BCUT2D eigenvalue weighted by atomic mass is 9.87. The van der Waals surface area contributed by atoms with Gasteiger partial charge < -0.3 is 15.2 Å². The Bertz CT molecular complexity index is 1000. The Morgan fingerprint density at radius 3 is 2.44 bits per heavy atom. The van der Waals surface area contributed by atoms with Gasteiger partial charge in [-0.25, -0.2) is 4.98 Å². The molecule has 6 rings (SSSR count). The third-order valence-electron chi connectivity index (χ3n) is 7.84. The van der Waals surface area contributed by atoms with Crippen LogP contribution in [0.5, 0.6) is 5.75 Å². The molecule has 9 heteroatoms. The number of hydrogen-bond donors (Lipinski definition) is 1. The summed E-state index contributed by atoms with van der Waals surface area (Å²) >= 11 is 0. The van der Waals surface area contributed by atoms with E-state index in [-0.39, 0.29) is 17.6 Å². The molecule has 7 nitrogen and oxygen atoms in total. The predicted octanol–water partition coefficient (Wildman–Crippen LogP) is 3.67. The maximum Gasteiger partial charge on any atom is 0.387 e. The molecule has 6 atom stereocenters. The van der Waals surface area contributed by atoms with Gasteiger partial charge >= 0.3 is 6.61 Å². The number of alkyl halides is 2. The number of anilines is 1. The molecule has 4 fully saturated rings. The summed E-state index contributed by atoms with van der Waals surface area (Å²) in [6, 6.07) is 5.76. The highest BCUT2D eigenvalue weighted by Gasteiger charge is 2.61. The van der Waals surface area contributed by atoms with Crippen LogP contribution in [0.2, 0.25) is 0 Å². The minimum Gasteiger partial charge on any atom is -0.431 e. The van der Waals surface area contributed by atoms with E-state index < -0.39 is 6.61 Å². The van der Waals surface area contributed by atoms with Crippen LogP contribution in [-0.2, 0) is 4.74 Å². The van der Waals surface area contributed by atoms with Crippen molar-refractivity contribution in [2.24, 2.45) is 11.8 Å². The lowest BCUT2D eigenvalue weighted by Gasteiger charge is -2.55. The molecule has 2 saturated heterocycles. The largest absolute Gasteiger partial charge is 0.431 e. The molecule has 32 heavy (non-hydrogen) atoms. The van der Waals surface area contributed by atoms with Gasteiger partial charge in [-0.05, 0) is 57.1 Å². The molecule has 2 N–H and O–H groups in total. The average Bonchev–Trinajstić information content (AvgIpc) is 3.09. The summed E-state index contributed by atoms with van der Waals surface area (Å²) in [5.74, 6) is 1.75. The molecule has 4 aliphatic rings. The summed E-state index contributed by atoms with van der Waals surface area (Å²) in [7, 11) is 0. The van der Waals surface area contributed by atoms with E-state index in [2.05, 4.69) is 39.2 Å². The SMILES string of the molecule is CC(C)n1nc(-c2cnc(N)c(OC(F)F)c2)cc1[C@H]1[C@@H]2C[C@H](N3C4COCC3C4)C[C@@H]21. The van der Waals surface area contributed by atoms with Gasteiger partial charge in [0.2, 0.25) is 0 Å². The number of nitrogens with zero attached hydrogens (tertiary/aromatic N) is 4. The fraction of sp³-hybridized carbons (Fsp3) is 0.652. The molecule has 2 aliphatic carbocycles. The number of rotatable bonds is 6. The number of nitrogens with two attached hydrogens (primary N) is 1. The number of morpholine rings is 1. The summed E-state index contributed by atoms with van der Waals surface area (Å²) < 4.78 is 37.7. The Morgan fingerprint density at radius 1 is 1.09 bits per heavy atom. The standard InChI is InChI=1S/C23H29F2N5O2/c1-11(2)30-19(7-18(28-30)12-3-20(32-23(24)25)22(26)27-8-12)21-16-5-13(6-17(16)21)29-14-4-15(29)10-31-9-14/h3,7-8,11,13-17,21,23H,4-6,9-10H2,1-2H3,(H2,26,27)/t13-,14?,15?,16+,17-,21-. The van der Waals surface area contributed by atoms with Gasteiger partial charge in [0.15, 0.2) is 11.6 Å². The molecule has 2 unspecified atom stereocenters. The van der Waals surface area contributed by atoms with Gasteiger partial charge in [0.25, 0.3) is 0 Å². The van der Waals surface area contributed by atoms with Crippen LogP contribution in [0.4, 0.5) is 14.6 Å². The van der Waals surface area contributed by atoms with Crippen LogP contribution < -0.4 is 10.5 Å². The second-order valence-corrected chi connectivity index (χ2v) is 9.99. The molecule has 172 valence electrons. The van der Waals surface area contributed by atoms with Crippen molar-refractivity contribution in [3.8, 4) is 17.0 Å². The second kappa shape index (κ2) is 7.38. The monoisotopic (exact) mass is 445 g/mol. The van der Waals surface area contributed by atoms with Crippen molar-refractivity contribution in [3.63, 3.8) is 0 Å². The smallest absolute Gasteiger partial charge is 0.387 e. The molecule has 2 aromatic rings. The maximum absolute atomic E-state index is 12.7. The first-order valence-corrected chi connectivity index (χ1v) is 11.6. The Hall–Kier alpha value is -2.26. The first-order chi connectivity index (χ1) is 15.4. The third-order valence-corrected chi connectivity index (χ3v) is 7.84. The molecule has 0 radical (unpaired) electrons. The van der Waals surface area contributed by atoms with E-state index in [1.54, 1.807) is 6.20 Å². The number of nitrogen functional groups attached to an aromatic ring is 1. The van der Waals surface area contributed by atoms with Gasteiger partial charge in [0, 0.05) is 47.5 Å². The van der Waals surface area contributed by atoms with Gasteiger partial charge in [0.05, 0.1) is 18.9 Å². The number of hydrogen-bond acceptors (Lipinski definition) is 6. The highest BCUT2D eigenvalue weighted by Crippen LogP contribution is 2.65. The molecular weight excluding hydrogens is 416 g/mol. The number of fused-ring (bicyclic) bond motifs is 3. The predicted molar refractivity (Wildman–Crippen MR) is 114 cm³/mol. The number of aromatic nitrogens is 3. The van der Waals surface area contributed by atoms with E-state index in [1.807, 2.05) is 0 Å². The fourth-order valence-corrected chi connectivity index (χ4v) is 6.45. The Labute approximate surface area is 185 Å². The highest BCUT2D eigenvalue weighted by molar-refractivity contribution is 5.64. The average molecular weight is 446 g/mol. The van der Waals surface area contributed by atoms with E-state index in [1.165, 1.54) is 31.0 Å². The van der Waals surface area contributed by atoms with E-state index in [0.29, 0.717) is 41.4 Å². The molecule has 2 bridgehead atoms. The van der Waals surface area contributed by atoms with Crippen LogP contribution in [0.3, 0.4) is 0 Å². The van der Waals surface area contributed by atoms with Crippen molar-refractivity contribution >= 4 is 5.82 Å². The highest BCUT2D eigenvalue weighted by atomic mass is 19.3. The molecule has 2 aliphatic heterocycles. The third kappa shape index (κ3) is 3.20. The van der Waals surface area contributed by atoms with Gasteiger partial charge in [-0.2, -0.15) is 13.9 Å². The van der Waals surface area contributed by atoms with E-state index >= 15 is 0 Å². The molecule has 2 aromatic heterocycles. The first-order valence-electron chi connectivity index (χ1n) is 11.6. The van der Waals surface area contributed by atoms with Crippen molar-refractivity contribution in [1.82, 2.24) is 19.7 Å². The van der Waals surface area contributed by atoms with E-state index in [0.717, 1.165) is 18.9 Å². The number of ether oxygens (including phenoxy) is 2. The molecule has 0 spiro atoms. The van der Waals surface area contributed by atoms with Gasteiger partial charge in [-0.1, -0.05) is 0 Å². The van der Waals surface area contributed by atoms with Crippen molar-refractivity contribution in [2.75, 3.05) is 18.9 Å². The number of halogens is 2. The summed E-state index contributed by atoms with van der Waals surface area (Å²) in [5, 5.41) is 4.81. The summed E-state index contributed by atoms with van der Waals surface area (Å²) in [6.45, 7) is 3.07.